The molecule has 0 aromatic rings. The van der Waals surface area contributed by atoms with Gasteiger partial charge in [-0.05, 0) is 6.92 Å². The highest BCUT2D eigenvalue weighted by Crippen LogP contribution is 1.97. The second-order valence-electron chi connectivity index (χ2n) is 1.86. The summed E-state index contributed by atoms with van der Waals surface area (Å²) >= 11 is 0. The van der Waals surface area contributed by atoms with Gasteiger partial charge >= 0.3 is 12.3 Å². The summed E-state index contributed by atoms with van der Waals surface area (Å²) in [5.74, 6) is 0. The zero-order chi connectivity index (χ0) is 10.3. The summed E-state index contributed by atoms with van der Waals surface area (Å²) in [5, 5.41) is 16.3. The maximum atomic E-state index is 10.0. The van der Waals surface area contributed by atoms with Crippen molar-refractivity contribution >= 4 is 12.3 Å². The molecule has 0 aromatic heterocycles. The lowest BCUT2D eigenvalue weighted by molar-refractivity contribution is -0.124. The molecule has 0 fully saturated rings. The Morgan fingerprint density at radius 1 is 1.23 bits per heavy atom. The molecule has 0 rings (SSSR count). The standard InChI is InChI=1S/C6H10O7/c1-2-11-3-4(12-5(7)8)13-6(9)10/h4H,2-3H2,1H3,(H,7,8)(H,9,10). The number of carbonyl (C=O) groups is 2. The molecule has 7 heteroatoms. The molecular formula is C6H10O7. The Morgan fingerprint density at radius 3 is 2.00 bits per heavy atom. The third kappa shape index (κ3) is 6.88. The summed E-state index contributed by atoms with van der Waals surface area (Å²) in [6.07, 6.45) is -4.67. The molecule has 0 aromatic carbocycles. The maximum Gasteiger partial charge on any atom is 0.508 e. The van der Waals surface area contributed by atoms with Gasteiger partial charge in [-0.25, -0.2) is 9.59 Å². The lowest BCUT2D eigenvalue weighted by Crippen LogP contribution is -2.28. The summed E-state index contributed by atoms with van der Waals surface area (Å²) < 4.78 is 12.8. The van der Waals surface area contributed by atoms with E-state index >= 15 is 0 Å². The van der Waals surface area contributed by atoms with Gasteiger partial charge in [0, 0.05) is 6.61 Å². The van der Waals surface area contributed by atoms with Crippen molar-refractivity contribution in [1.29, 1.82) is 0 Å². The topological polar surface area (TPSA) is 102 Å². The van der Waals surface area contributed by atoms with Gasteiger partial charge in [0.05, 0.1) is 0 Å². The minimum Gasteiger partial charge on any atom is -0.450 e. The summed E-state index contributed by atoms with van der Waals surface area (Å²) in [5.41, 5.74) is 0. The van der Waals surface area contributed by atoms with Gasteiger partial charge in [0.15, 0.2) is 0 Å². The number of carboxylic acid groups (broad SMARTS) is 2. The quantitative estimate of drug-likeness (QED) is 0.491. The Labute approximate surface area is 73.8 Å². The van der Waals surface area contributed by atoms with E-state index in [4.69, 9.17) is 14.9 Å². The van der Waals surface area contributed by atoms with Crippen LogP contribution in [0, 0.1) is 0 Å². The van der Waals surface area contributed by atoms with Crippen molar-refractivity contribution < 1.29 is 34.0 Å². The normalized spacial score (nSPS) is 9.69. The van der Waals surface area contributed by atoms with E-state index in [0.717, 1.165) is 0 Å². The van der Waals surface area contributed by atoms with Crippen LogP contribution in [0.3, 0.4) is 0 Å². The van der Waals surface area contributed by atoms with Crippen LogP contribution >= 0.6 is 0 Å². The fourth-order valence-electron chi connectivity index (χ4n) is 0.531. The van der Waals surface area contributed by atoms with Crippen molar-refractivity contribution in [2.45, 2.75) is 13.2 Å². The minimum atomic E-state index is -1.62. The summed E-state index contributed by atoms with van der Waals surface area (Å²) in [6, 6.07) is 0. The Balaban J connectivity index is 3.87. The average Bonchev–Trinajstić information content (AvgIpc) is 1.98. The predicted molar refractivity (Wildman–Crippen MR) is 38.5 cm³/mol. The van der Waals surface area contributed by atoms with Crippen LogP contribution in [0.25, 0.3) is 0 Å². The molecule has 0 saturated heterocycles. The molecule has 0 spiro atoms. The number of ether oxygens (including phenoxy) is 3. The van der Waals surface area contributed by atoms with E-state index in [2.05, 4.69) is 9.47 Å². The largest absolute Gasteiger partial charge is 0.508 e. The molecule has 76 valence electrons. The first-order valence-electron chi connectivity index (χ1n) is 3.43. The first-order valence-corrected chi connectivity index (χ1v) is 3.43. The molecule has 0 aliphatic rings. The number of hydrogen-bond acceptors (Lipinski definition) is 5. The molecule has 7 nitrogen and oxygen atoms in total. The van der Waals surface area contributed by atoms with Crippen LogP contribution in [0.1, 0.15) is 6.92 Å². The molecule has 13 heavy (non-hydrogen) atoms. The predicted octanol–water partition coefficient (Wildman–Crippen LogP) is 0.738. The fraction of sp³-hybridized carbons (Fsp3) is 0.667. The zero-order valence-corrected chi connectivity index (χ0v) is 6.93. The monoisotopic (exact) mass is 194 g/mol. The van der Waals surface area contributed by atoms with Gasteiger partial charge in [0.25, 0.3) is 6.29 Å². The van der Waals surface area contributed by atoms with Gasteiger partial charge in [0.1, 0.15) is 6.61 Å². The summed E-state index contributed by atoms with van der Waals surface area (Å²) in [6.45, 7) is 1.72. The van der Waals surface area contributed by atoms with Crippen LogP contribution in [0.5, 0.6) is 0 Å². The van der Waals surface area contributed by atoms with Crippen molar-refractivity contribution in [3.63, 3.8) is 0 Å². The molecule has 0 amide bonds. The van der Waals surface area contributed by atoms with Gasteiger partial charge in [-0.3, -0.25) is 0 Å². The number of rotatable bonds is 5. The van der Waals surface area contributed by atoms with E-state index in [-0.39, 0.29) is 6.61 Å². The Kier molecular flexibility index (Phi) is 5.37. The van der Waals surface area contributed by atoms with E-state index in [1.807, 2.05) is 0 Å². The van der Waals surface area contributed by atoms with Crippen molar-refractivity contribution in [3.05, 3.63) is 0 Å². The SMILES string of the molecule is CCOCC(OC(=O)O)OC(=O)O. The molecule has 0 atom stereocenters. The van der Waals surface area contributed by atoms with Crippen LogP contribution in [0.4, 0.5) is 9.59 Å². The van der Waals surface area contributed by atoms with Gasteiger partial charge in [-0.2, -0.15) is 0 Å². The highest BCUT2D eigenvalue weighted by atomic mass is 16.8. The van der Waals surface area contributed by atoms with E-state index in [9.17, 15) is 9.59 Å². The molecule has 2 N–H and O–H groups in total. The van der Waals surface area contributed by atoms with Gasteiger partial charge in [-0.1, -0.05) is 0 Å². The van der Waals surface area contributed by atoms with E-state index in [1.165, 1.54) is 0 Å². The average molecular weight is 194 g/mol. The Bertz CT molecular complexity index is 162. The minimum absolute atomic E-state index is 0.255. The second kappa shape index (κ2) is 6.06. The first kappa shape index (κ1) is 11.5. The third-order valence-electron chi connectivity index (χ3n) is 0.923. The maximum absolute atomic E-state index is 10.0. The highest BCUT2D eigenvalue weighted by Gasteiger charge is 2.17. The molecule has 0 radical (unpaired) electrons. The van der Waals surface area contributed by atoms with Crippen LogP contribution in [-0.2, 0) is 14.2 Å². The van der Waals surface area contributed by atoms with Crippen LogP contribution in [0.2, 0.25) is 0 Å². The number of hydrogen-bond donors (Lipinski definition) is 2. The summed E-state index contributed by atoms with van der Waals surface area (Å²) in [7, 11) is 0. The van der Waals surface area contributed by atoms with Gasteiger partial charge < -0.3 is 24.4 Å². The van der Waals surface area contributed by atoms with Crippen molar-refractivity contribution in [1.82, 2.24) is 0 Å². The van der Waals surface area contributed by atoms with Crippen LogP contribution in [-0.4, -0.2) is 42.0 Å². The highest BCUT2D eigenvalue weighted by molar-refractivity contribution is 5.59. The fourth-order valence-corrected chi connectivity index (χ4v) is 0.531. The lowest BCUT2D eigenvalue weighted by atomic mass is 10.6. The van der Waals surface area contributed by atoms with Crippen LogP contribution in [0.15, 0.2) is 0 Å². The Hall–Kier alpha value is -1.50. The first-order chi connectivity index (χ1) is 6.06. The molecule has 0 heterocycles. The smallest absolute Gasteiger partial charge is 0.450 e. The zero-order valence-electron chi connectivity index (χ0n) is 6.93. The van der Waals surface area contributed by atoms with Crippen molar-refractivity contribution in [2.75, 3.05) is 13.2 Å². The van der Waals surface area contributed by atoms with Crippen molar-refractivity contribution in [3.8, 4) is 0 Å². The van der Waals surface area contributed by atoms with Gasteiger partial charge in [0.2, 0.25) is 0 Å². The van der Waals surface area contributed by atoms with E-state index in [0.29, 0.717) is 6.61 Å². The third-order valence-corrected chi connectivity index (χ3v) is 0.923. The molecule has 0 aliphatic carbocycles. The van der Waals surface area contributed by atoms with Gasteiger partial charge in [-0.15, -0.1) is 0 Å². The van der Waals surface area contributed by atoms with Crippen molar-refractivity contribution in [2.24, 2.45) is 0 Å². The molecular weight excluding hydrogens is 184 g/mol. The lowest BCUT2D eigenvalue weighted by Gasteiger charge is -2.13. The second-order valence-corrected chi connectivity index (χ2v) is 1.86. The van der Waals surface area contributed by atoms with E-state index in [1.54, 1.807) is 6.92 Å². The molecule has 0 aliphatic heterocycles. The molecule has 0 bridgehead atoms. The Morgan fingerprint density at radius 2 is 1.69 bits per heavy atom. The molecule has 0 saturated carbocycles. The molecule has 0 unspecified atom stereocenters. The summed E-state index contributed by atoms with van der Waals surface area (Å²) in [4.78, 5) is 20.0. The van der Waals surface area contributed by atoms with E-state index < -0.39 is 18.6 Å². The van der Waals surface area contributed by atoms with Crippen LogP contribution < -0.4 is 0 Å².